The number of hydrogen-bond donors (Lipinski definition) is 2. The second kappa shape index (κ2) is 8.03. The predicted molar refractivity (Wildman–Crippen MR) is 118 cm³/mol. The summed E-state index contributed by atoms with van der Waals surface area (Å²) in [5.74, 6) is 1.09. The van der Waals surface area contributed by atoms with Gasteiger partial charge in [-0.3, -0.25) is 0 Å². The predicted octanol–water partition coefficient (Wildman–Crippen LogP) is 5.29. The van der Waals surface area contributed by atoms with Crippen molar-refractivity contribution >= 4 is 40.1 Å². The van der Waals surface area contributed by atoms with Crippen LogP contribution < -0.4 is 16.0 Å². The van der Waals surface area contributed by atoms with E-state index in [2.05, 4.69) is 25.2 Å². The largest absolute Gasteiger partial charge is 0.418 e. The van der Waals surface area contributed by atoms with Gasteiger partial charge in [0, 0.05) is 31.1 Å². The van der Waals surface area contributed by atoms with Crippen LogP contribution in [-0.2, 0) is 6.18 Å². The second-order valence-electron chi connectivity index (χ2n) is 7.60. The minimum Gasteiger partial charge on any atom is -0.384 e. The van der Waals surface area contributed by atoms with E-state index >= 15 is 0 Å². The molecule has 10 heteroatoms. The minimum atomic E-state index is -4.61. The van der Waals surface area contributed by atoms with Crippen LogP contribution in [0.2, 0.25) is 5.02 Å². The number of nitrogens with zero attached hydrogens (tertiary/aromatic N) is 4. The monoisotopic (exact) mass is 450 g/mol. The lowest BCUT2D eigenvalue weighted by Gasteiger charge is -2.29. The molecule has 3 N–H and O–H groups in total. The molecule has 1 aliphatic heterocycles. The van der Waals surface area contributed by atoms with Gasteiger partial charge >= 0.3 is 6.18 Å². The number of aromatic nitrogens is 3. The van der Waals surface area contributed by atoms with Crippen molar-refractivity contribution in [2.45, 2.75) is 32.4 Å². The Bertz CT molecular complexity index is 1140. The number of anilines is 3. The fourth-order valence-corrected chi connectivity index (χ4v) is 4.28. The highest BCUT2D eigenvalue weighted by molar-refractivity contribution is 6.34. The fourth-order valence-electron chi connectivity index (χ4n) is 4.02. The van der Waals surface area contributed by atoms with Crippen LogP contribution in [0.1, 0.15) is 30.4 Å². The van der Waals surface area contributed by atoms with E-state index in [-0.39, 0.29) is 27.7 Å². The van der Waals surface area contributed by atoms with Gasteiger partial charge in [-0.1, -0.05) is 11.6 Å². The van der Waals surface area contributed by atoms with Crippen LogP contribution in [-0.4, -0.2) is 35.1 Å². The Morgan fingerprint density at radius 2 is 1.77 bits per heavy atom. The third kappa shape index (κ3) is 4.06. The third-order valence-electron chi connectivity index (χ3n) is 5.42. The van der Waals surface area contributed by atoms with E-state index in [1.165, 1.54) is 19.1 Å². The van der Waals surface area contributed by atoms with Gasteiger partial charge in [-0.15, -0.1) is 0 Å². The average Bonchev–Trinajstić information content (AvgIpc) is 2.71. The van der Waals surface area contributed by atoms with E-state index in [0.29, 0.717) is 16.9 Å². The van der Waals surface area contributed by atoms with Gasteiger partial charge < -0.3 is 16.0 Å². The topological polar surface area (TPSA) is 80.0 Å². The van der Waals surface area contributed by atoms with E-state index < -0.39 is 11.7 Å². The molecule has 0 saturated carbocycles. The Morgan fingerprint density at radius 1 is 1.06 bits per heavy atom. The van der Waals surface area contributed by atoms with Crippen LogP contribution in [0.5, 0.6) is 0 Å². The summed E-state index contributed by atoms with van der Waals surface area (Å²) in [5.41, 5.74) is 5.20. The van der Waals surface area contributed by atoms with E-state index in [9.17, 15) is 13.2 Å². The number of benzene rings is 1. The highest BCUT2D eigenvalue weighted by Gasteiger charge is 2.37. The molecule has 2 aromatic heterocycles. The zero-order valence-electron chi connectivity index (χ0n) is 17.1. The van der Waals surface area contributed by atoms with Gasteiger partial charge in [0.15, 0.2) is 0 Å². The maximum Gasteiger partial charge on any atom is 0.418 e. The number of nitrogens with one attached hydrogen (secondary N) is 1. The molecule has 1 aliphatic rings. The first-order valence-electron chi connectivity index (χ1n) is 9.97. The lowest BCUT2D eigenvalue weighted by atomic mass is 9.99. The highest BCUT2D eigenvalue weighted by Crippen LogP contribution is 2.42. The van der Waals surface area contributed by atoms with Crippen LogP contribution in [0.4, 0.5) is 30.8 Å². The first-order valence-corrected chi connectivity index (χ1v) is 10.4. The van der Waals surface area contributed by atoms with Crippen LogP contribution >= 0.6 is 11.6 Å². The molecule has 164 valence electrons. The standard InChI is InChI=1S/C21H22ClF3N6/c1-11-8-16(26)29-18(17(11)21(23,24)25)12-10-15-13(9-14(12)22)19(30-20(27-2)28-15)31-6-4-3-5-7-31/h8-10H,3-7H2,1-2H3,(H2,26,29)(H,27,28,30). The number of nitrogen functional groups attached to an aromatic ring is 1. The van der Waals surface area contributed by atoms with Gasteiger partial charge in [-0.2, -0.15) is 18.2 Å². The lowest BCUT2D eigenvalue weighted by molar-refractivity contribution is -0.137. The van der Waals surface area contributed by atoms with E-state index in [0.717, 1.165) is 38.2 Å². The number of pyridine rings is 1. The molecule has 4 rings (SSSR count). The summed E-state index contributed by atoms with van der Waals surface area (Å²) in [5, 5.41) is 3.75. The Hall–Kier alpha value is -2.81. The molecule has 1 aromatic carbocycles. The number of hydrogen-bond acceptors (Lipinski definition) is 6. The Balaban J connectivity index is 1.97. The molecule has 0 radical (unpaired) electrons. The Morgan fingerprint density at radius 3 is 2.42 bits per heavy atom. The highest BCUT2D eigenvalue weighted by atomic mass is 35.5. The summed E-state index contributed by atoms with van der Waals surface area (Å²) in [7, 11) is 1.70. The summed E-state index contributed by atoms with van der Waals surface area (Å²) >= 11 is 6.51. The maximum atomic E-state index is 13.8. The van der Waals surface area contributed by atoms with Crippen LogP contribution in [0, 0.1) is 6.92 Å². The van der Waals surface area contributed by atoms with Gasteiger partial charge in [-0.05, 0) is 49.9 Å². The first-order chi connectivity index (χ1) is 14.7. The number of piperidine rings is 1. The second-order valence-corrected chi connectivity index (χ2v) is 8.01. The molecule has 6 nitrogen and oxygen atoms in total. The molecule has 0 bridgehead atoms. The van der Waals surface area contributed by atoms with E-state index in [1.807, 2.05) is 0 Å². The van der Waals surface area contributed by atoms with Crippen molar-refractivity contribution in [1.82, 2.24) is 15.0 Å². The van der Waals surface area contributed by atoms with Gasteiger partial charge in [0.25, 0.3) is 0 Å². The normalized spacial score (nSPS) is 14.8. The van der Waals surface area contributed by atoms with Crippen molar-refractivity contribution in [2.24, 2.45) is 0 Å². The zero-order chi connectivity index (χ0) is 22.3. The number of halogens is 4. The lowest BCUT2D eigenvalue weighted by Crippen LogP contribution is -2.30. The molecule has 0 atom stereocenters. The molecule has 3 heterocycles. The number of aryl methyl sites for hydroxylation is 1. The molecule has 1 saturated heterocycles. The summed E-state index contributed by atoms with van der Waals surface area (Å²) in [6.45, 7) is 3.06. The first kappa shape index (κ1) is 21.4. The Kier molecular flexibility index (Phi) is 5.55. The van der Waals surface area contributed by atoms with Gasteiger partial charge in [-0.25, -0.2) is 9.97 Å². The maximum absolute atomic E-state index is 13.8. The summed E-state index contributed by atoms with van der Waals surface area (Å²) in [6, 6.07) is 4.36. The van der Waals surface area contributed by atoms with Crippen LogP contribution in [0.3, 0.4) is 0 Å². The smallest absolute Gasteiger partial charge is 0.384 e. The number of nitrogens with two attached hydrogens (primary N) is 1. The van der Waals surface area contributed by atoms with Crippen molar-refractivity contribution in [3.05, 3.63) is 34.3 Å². The fraction of sp³-hybridized carbons (Fsp3) is 0.381. The molecule has 0 unspecified atom stereocenters. The molecule has 0 spiro atoms. The van der Waals surface area contributed by atoms with E-state index in [4.69, 9.17) is 17.3 Å². The molecular weight excluding hydrogens is 429 g/mol. The van der Waals surface area contributed by atoms with Crippen molar-refractivity contribution in [1.29, 1.82) is 0 Å². The number of alkyl halides is 3. The molecule has 0 aliphatic carbocycles. The van der Waals surface area contributed by atoms with Gasteiger partial charge in [0.05, 0.1) is 21.8 Å². The molecule has 1 fully saturated rings. The SMILES string of the molecule is CNc1nc(N2CCCCC2)c2cc(Cl)c(-c3nc(N)cc(C)c3C(F)(F)F)cc2n1. The summed E-state index contributed by atoms with van der Waals surface area (Å²) in [6.07, 6.45) is -1.36. The molecule has 0 amide bonds. The van der Waals surface area contributed by atoms with Crippen LogP contribution in [0.25, 0.3) is 22.2 Å². The summed E-state index contributed by atoms with van der Waals surface area (Å²) < 4.78 is 41.5. The van der Waals surface area contributed by atoms with Gasteiger partial charge in [0.1, 0.15) is 11.6 Å². The van der Waals surface area contributed by atoms with Crippen LogP contribution in [0.15, 0.2) is 18.2 Å². The van der Waals surface area contributed by atoms with Crippen molar-refractivity contribution in [2.75, 3.05) is 36.1 Å². The molecular formula is C21H22ClF3N6. The van der Waals surface area contributed by atoms with Crippen molar-refractivity contribution in [3.8, 4) is 11.3 Å². The van der Waals surface area contributed by atoms with E-state index in [1.54, 1.807) is 13.1 Å². The van der Waals surface area contributed by atoms with Crippen molar-refractivity contribution < 1.29 is 13.2 Å². The number of fused-ring (bicyclic) bond motifs is 1. The minimum absolute atomic E-state index is 0.00993. The third-order valence-corrected chi connectivity index (χ3v) is 5.73. The van der Waals surface area contributed by atoms with Crippen molar-refractivity contribution in [3.63, 3.8) is 0 Å². The zero-order valence-corrected chi connectivity index (χ0v) is 17.9. The van der Waals surface area contributed by atoms with Gasteiger partial charge in [0.2, 0.25) is 5.95 Å². The number of rotatable bonds is 3. The quantitative estimate of drug-likeness (QED) is 0.564. The molecule has 31 heavy (non-hydrogen) atoms. The average molecular weight is 451 g/mol. The molecule has 3 aromatic rings. The summed E-state index contributed by atoms with van der Waals surface area (Å²) in [4.78, 5) is 15.2. The Labute approximate surface area is 182 Å².